The van der Waals surface area contributed by atoms with Crippen LogP contribution in [0.25, 0.3) is 0 Å². The van der Waals surface area contributed by atoms with Crippen molar-refractivity contribution in [1.29, 1.82) is 0 Å². The van der Waals surface area contributed by atoms with Crippen LogP contribution in [-0.2, 0) is 11.3 Å². The summed E-state index contributed by atoms with van der Waals surface area (Å²) in [5, 5.41) is 15.3. The number of amides is 1. The minimum Gasteiger partial charge on any atom is -0.476 e. The van der Waals surface area contributed by atoms with E-state index < -0.39 is 12.1 Å². The van der Waals surface area contributed by atoms with Crippen LogP contribution in [0.2, 0.25) is 0 Å². The summed E-state index contributed by atoms with van der Waals surface area (Å²) < 4.78 is 11.5. The molecule has 19 heavy (non-hydrogen) atoms. The Hall–Kier alpha value is -2.51. The maximum absolute atomic E-state index is 11.3. The van der Waals surface area contributed by atoms with E-state index in [4.69, 9.17) is 14.6 Å². The molecule has 1 aliphatic heterocycles. The molecular formula is C11H13N3O5. The zero-order chi connectivity index (χ0) is 13.8. The third kappa shape index (κ3) is 3.03. The molecule has 0 saturated heterocycles. The zero-order valence-corrected chi connectivity index (χ0v) is 10.0. The summed E-state index contributed by atoms with van der Waals surface area (Å²) >= 11 is 0. The molecule has 1 unspecified atom stereocenters. The molecule has 8 heteroatoms. The number of carbonyl (C=O) groups excluding carboxylic acids is 1. The molecule has 1 aromatic rings. The fraction of sp³-hybridized carbons (Fsp3) is 0.364. The van der Waals surface area contributed by atoms with Crippen molar-refractivity contribution in [2.75, 3.05) is 13.2 Å². The second-order valence-corrected chi connectivity index (χ2v) is 3.89. The first-order valence-corrected chi connectivity index (χ1v) is 5.58. The maximum atomic E-state index is 11.3. The van der Waals surface area contributed by atoms with Gasteiger partial charge in [-0.05, 0) is 0 Å². The van der Waals surface area contributed by atoms with E-state index in [1.807, 2.05) is 0 Å². The second kappa shape index (κ2) is 5.42. The van der Waals surface area contributed by atoms with Gasteiger partial charge in [0.2, 0.25) is 5.88 Å². The number of nitrogens with zero attached hydrogens (tertiary/aromatic N) is 2. The molecule has 2 N–H and O–H groups in total. The average Bonchev–Trinajstić information content (AvgIpc) is 2.79. The molecule has 2 rings (SSSR count). The van der Waals surface area contributed by atoms with Crippen LogP contribution in [0, 0.1) is 0 Å². The normalized spacial score (nSPS) is 16.9. The van der Waals surface area contributed by atoms with Gasteiger partial charge < -0.3 is 19.9 Å². The van der Waals surface area contributed by atoms with Gasteiger partial charge in [0, 0.05) is 6.07 Å². The minimum absolute atomic E-state index is 0.0927. The number of hydrogen-bond acceptors (Lipinski definition) is 5. The van der Waals surface area contributed by atoms with Gasteiger partial charge in [-0.1, -0.05) is 12.7 Å². The molecule has 1 amide bonds. The van der Waals surface area contributed by atoms with Gasteiger partial charge in [0.1, 0.15) is 13.2 Å². The van der Waals surface area contributed by atoms with Crippen LogP contribution in [0.5, 0.6) is 5.88 Å². The van der Waals surface area contributed by atoms with Gasteiger partial charge >= 0.3 is 12.1 Å². The van der Waals surface area contributed by atoms with E-state index in [2.05, 4.69) is 17.0 Å². The highest BCUT2D eigenvalue weighted by Crippen LogP contribution is 2.18. The summed E-state index contributed by atoms with van der Waals surface area (Å²) in [7, 11) is 0. The highest BCUT2D eigenvalue weighted by Gasteiger charge is 2.24. The van der Waals surface area contributed by atoms with Gasteiger partial charge in [-0.2, -0.15) is 5.10 Å². The van der Waals surface area contributed by atoms with Crippen LogP contribution in [0.1, 0.15) is 10.5 Å². The molecule has 0 spiro atoms. The molecule has 0 bridgehead atoms. The van der Waals surface area contributed by atoms with E-state index >= 15 is 0 Å². The molecule has 0 fully saturated rings. The Kier molecular flexibility index (Phi) is 3.69. The monoisotopic (exact) mass is 267 g/mol. The lowest BCUT2D eigenvalue weighted by Crippen LogP contribution is -2.45. The maximum Gasteiger partial charge on any atom is 0.407 e. The van der Waals surface area contributed by atoms with Gasteiger partial charge in [0.15, 0.2) is 5.69 Å². The molecule has 102 valence electrons. The molecule has 8 nitrogen and oxygen atoms in total. The Labute approximate surface area is 108 Å². The SMILES string of the molecule is C=CCOC(=O)NC1COc2cc(C(=O)O)nn2C1. The number of carboxylic acids is 1. The Morgan fingerprint density at radius 3 is 3.21 bits per heavy atom. The quantitative estimate of drug-likeness (QED) is 0.758. The molecule has 0 aromatic carbocycles. The Balaban J connectivity index is 1.96. The van der Waals surface area contributed by atoms with Crippen LogP contribution in [-0.4, -0.2) is 46.2 Å². The van der Waals surface area contributed by atoms with Crippen molar-refractivity contribution in [3.05, 3.63) is 24.4 Å². The van der Waals surface area contributed by atoms with Crippen LogP contribution in [0.3, 0.4) is 0 Å². The first kappa shape index (κ1) is 12.9. The lowest BCUT2D eigenvalue weighted by Gasteiger charge is -2.24. The highest BCUT2D eigenvalue weighted by atomic mass is 16.5. The number of fused-ring (bicyclic) bond motifs is 1. The predicted octanol–water partition coefficient (Wildman–Crippen LogP) is 0.254. The number of rotatable bonds is 4. The van der Waals surface area contributed by atoms with E-state index in [0.717, 1.165) is 0 Å². The summed E-state index contributed by atoms with van der Waals surface area (Å²) in [5.74, 6) is -0.754. The second-order valence-electron chi connectivity index (χ2n) is 3.89. The van der Waals surface area contributed by atoms with Crippen molar-refractivity contribution < 1.29 is 24.2 Å². The molecule has 1 aromatic heterocycles. The van der Waals surface area contributed by atoms with E-state index in [0.29, 0.717) is 12.4 Å². The van der Waals surface area contributed by atoms with Gasteiger partial charge in [-0.3, -0.25) is 0 Å². The van der Waals surface area contributed by atoms with Crippen molar-refractivity contribution in [2.45, 2.75) is 12.6 Å². The fourth-order valence-corrected chi connectivity index (χ4v) is 1.63. The first-order valence-electron chi connectivity index (χ1n) is 5.58. The van der Waals surface area contributed by atoms with E-state index in [9.17, 15) is 9.59 Å². The largest absolute Gasteiger partial charge is 0.476 e. The third-order valence-corrected chi connectivity index (χ3v) is 2.44. The number of carbonyl (C=O) groups is 2. The van der Waals surface area contributed by atoms with E-state index in [1.165, 1.54) is 16.8 Å². The summed E-state index contributed by atoms with van der Waals surface area (Å²) in [6.45, 7) is 4.10. The molecule has 0 saturated carbocycles. The van der Waals surface area contributed by atoms with Crippen LogP contribution < -0.4 is 10.1 Å². The Morgan fingerprint density at radius 1 is 1.74 bits per heavy atom. The number of alkyl carbamates (subject to hydrolysis) is 1. The van der Waals surface area contributed by atoms with Crippen molar-refractivity contribution in [3.8, 4) is 5.88 Å². The summed E-state index contributed by atoms with van der Waals surface area (Å²) in [6.07, 6.45) is 0.879. The van der Waals surface area contributed by atoms with Crippen molar-refractivity contribution in [3.63, 3.8) is 0 Å². The molecule has 0 radical (unpaired) electrons. The zero-order valence-electron chi connectivity index (χ0n) is 10.0. The average molecular weight is 267 g/mol. The predicted molar refractivity (Wildman–Crippen MR) is 63.2 cm³/mol. The van der Waals surface area contributed by atoms with Gasteiger partial charge in [0.05, 0.1) is 12.6 Å². The number of nitrogens with one attached hydrogen (secondary N) is 1. The van der Waals surface area contributed by atoms with E-state index in [-0.39, 0.29) is 24.9 Å². The topological polar surface area (TPSA) is 103 Å². The minimum atomic E-state index is -1.12. The molecule has 1 aliphatic rings. The number of carboxylic acid groups (broad SMARTS) is 1. The first-order chi connectivity index (χ1) is 9.10. The smallest absolute Gasteiger partial charge is 0.407 e. The number of ether oxygens (including phenoxy) is 2. The third-order valence-electron chi connectivity index (χ3n) is 2.44. The fourth-order valence-electron chi connectivity index (χ4n) is 1.63. The summed E-state index contributed by atoms with van der Waals surface area (Å²) in [6, 6.07) is 1.01. The Bertz CT molecular complexity index is 510. The molecule has 1 atom stereocenters. The lowest BCUT2D eigenvalue weighted by atomic mass is 10.3. The number of aromatic nitrogens is 2. The summed E-state index contributed by atoms with van der Waals surface area (Å²) in [5.41, 5.74) is -0.0927. The Morgan fingerprint density at radius 2 is 2.53 bits per heavy atom. The highest BCUT2D eigenvalue weighted by molar-refractivity contribution is 5.85. The van der Waals surface area contributed by atoms with Crippen molar-refractivity contribution >= 4 is 12.1 Å². The van der Waals surface area contributed by atoms with Gasteiger partial charge in [-0.25, -0.2) is 14.3 Å². The molecule has 2 heterocycles. The number of aromatic carboxylic acids is 1. The van der Waals surface area contributed by atoms with Crippen LogP contribution in [0.4, 0.5) is 4.79 Å². The van der Waals surface area contributed by atoms with E-state index in [1.54, 1.807) is 0 Å². The molecule has 0 aliphatic carbocycles. The molecular weight excluding hydrogens is 254 g/mol. The standard InChI is InChI=1S/C11H13N3O5/c1-2-3-18-11(17)12-7-5-14-9(19-6-7)4-8(13-14)10(15)16/h2,4,7H,1,3,5-6H2,(H,12,17)(H,15,16). The van der Waals surface area contributed by atoms with Crippen molar-refractivity contribution in [2.24, 2.45) is 0 Å². The lowest BCUT2D eigenvalue weighted by molar-refractivity contribution is 0.0689. The van der Waals surface area contributed by atoms with Crippen LogP contribution >= 0.6 is 0 Å². The summed E-state index contributed by atoms with van der Waals surface area (Å²) in [4.78, 5) is 22.1. The van der Waals surface area contributed by atoms with Crippen LogP contribution in [0.15, 0.2) is 18.7 Å². The van der Waals surface area contributed by atoms with Gasteiger partial charge in [-0.15, -0.1) is 0 Å². The number of hydrogen-bond donors (Lipinski definition) is 2. The van der Waals surface area contributed by atoms with Crippen molar-refractivity contribution in [1.82, 2.24) is 15.1 Å². The van der Waals surface area contributed by atoms with Gasteiger partial charge in [0.25, 0.3) is 0 Å².